The van der Waals surface area contributed by atoms with Crippen LogP contribution in [0.4, 0.5) is 0 Å². The molecule has 2 nitrogen and oxygen atoms in total. The monoisotopic (exact) mass is 296 g/mol. The average Bonchev–Trinajstić information content (AvgIpc) is 2.72. The molecule has 0 aliphatic heterocycles. The standard InChI is InChI=1S/C19H36O2/c1-17(15-16-19(20)21)11-7-3-2-4-8-12-18-13-9-5-6-10-14-18/h17-18H,2-16H2,1H3,(H,20,21). The number of hydrogen-bond donors (Lipinski definition) is 1. The first-order valence-electron chi connectivity index (χ1n) is 9.40. The predicted molar refractivity (Wildman–Crippen MR) is 89.5 cm³/mol. The van der Waals surface area contributed by atoms with Gasteiger partial charge in [-0.25, -0.2) is 0 Å². The number of aliphatic carboxylic acids is 1. The van der Waals surface area contributed by atoms with Gasteiger partial charge >= 0.3 is 5.97 Å². The van der Waals surface area contributed by atoms with Crippen LogP contribution < -0.4 is 0 Å². The van der Waals surface area contributed by atoms with Gasteiger partial charge in [-0.2, -0.15) is 0 Å². The van der Waals surface area contributed by atoms with Crippen molar-refractivity contribution >= 4 is 5.97 Å². The molecule has 21 heavy (non-hydrogen) atoms. The molecule has 0 bridgehead atoms. The summed E-state index contributed by atoms with van der Waals surface area (Å²) < 4.78 is 0. The minimum atomic E-state index is -0.652. The van der Waals surface area contributed by atoms with Crippen LogP contribution >= 0.6 is 0 Å². The first-order valence-corrected chi connectivity index (χ1v) is 9.40. The minimum Gasteiger partial charge on any atom is -0.481 e. The third-order valence-electron chi connectivity index (χ3n) is 5.14. The van der Waals surface area contributed by atoms with Gasteiger partial charge in [0.05, 0.1) is 0 Å². The normalized spacial score (nSPS) is 18.3. The highest BCUT2D eigenvalue weighted by molar-refractivity contribution is 5.66. The molecule has 1 aliphatic carbocycles. The van der Waals surface area contributed by atoms with E-state index in [-0.39, 0.29) is 0 Å². The molecular weight excluding hydrogens is 260 g/mol. The number of hydrogen-bond acceptors (Lipinski definition) is 1. The number of carboxylic acids is 1. The second-order valence-electron chi connectivity index (χ2n) is 7.24. The molecule has 1 saturated carbocycles. The van der Waals surface area contributed by atoms with E-state index >= 15 is 0 Å². The lowest BCUT2D eigenvalue weighted by Crippen LogP contribution is -2.01. The van der Waals surface area contributed by atoms with Gasteiger partial charge in [0, 0.05) is 6.42 Å². The molecule has 0 amide bonds. The molecule has 1 rings (SSSR count). The molecule has 1 unspecified atom stereocenters. The van der Waals surface area contributed by atoms with E-state index in [2.05, 4.69) is 6.92 Å². The lowest BCUT2D eigenvalue weighted by atomic mass is 9.93. The van der Waals surface area contributed by atoms with Gasteiger partial charge < -0.3 is 5.11 Å². The van der Waals surface area contributed by atoms with E-state index in [9.17, 15) is 4.79 Å². The molecule has 0 saturated heterocycles. The van der Waals surface area contributed by atoms with Gasteiger partial charge in [0.2, 0.25) is 0 Å². The molecule has 0 aromatic heterocycles. The fraction of sp³-hybridized carbons (Fsp3) is 0.947. The highest BCUT2D eigenvalue weighted by Gasteiger charge is 2.11. The van der Waals surface area contributed by atoms with Gasteiger partial charge in [0.15, 0.2) is 0 Å². The van der Waals surface area contributed by atoms with Crippen molar-refractivity contribution in [2.45, 2.75) is 103 Å². The Morgan fingerprint density at radius 3 is 2.24 bits per heavy atom. The molecule has 124 valence electrons. The first-order chi connectivity index (χ1) is 10.2. The number of carbonyl (C=O) groups is 1. The van der Waals surface area contributed by atoms with Crippen molar-refractivity contribution < 1.29 is 9.90 Å². The predicted octanol–water partition coefficient (Wildman–Crippen LogP) is 6.19. The van der Waals surface area contributed by atoms with Crippen LogP contribution in [0, 0.1) is 11.8 Å². The molecule has 0 heterocycles. The van der Waals surface area contributed by atoms with E-state index in [1.165, 1.54) is 83.5 Å². The Balaban J connectivity index is 1.86. The molecule has 1 fully saturated rings. The molecule has 0 aromatic carbocycles. The molecule has 1 aliphatic rings. The lowest BCUT2D eigenvalue weighted by Gasteiger charge is -2.13. The zero-order valence-corrected chi connectivity index (χ0v) is 14.1. The van der Waals surface area contributed by atoms with Crippen molar-refractivity contribution in [1.29, 1.82) is 0 Å². The largest absolute Gasteiger partial charge is 0.481 e. The van der Waals surface area contributed by atoms with E-state index < -0.39 is 5.97 Å². The zero-order chi connectivity index (χ0) is 15.3. The Bertz CT molecular complexity index is 254. The van der Waals surface area contributed by atoms with Crippen molar-refractivity contribution in [2.75, 3.05) is 0 Å². The van der Waals surface area contributed by atoms with Gasteiger partial charge in [-0.3, -0.25) is 4.79 Å². The van der Waals surface area contributed by atoms with Crippen LogP contribution in [-0.4, -0.2) is 11.1 Å². The van der Waals surface area contributed by atoms with Crippen molar-refractivity contribution in [1.82, 2.24) is 0 Å². The topological polar surface area (TPSA) is 37.3 Å². The summed E-state index contributed by atoms with van der Waals surface area (Å²) in [5.41, 5.74) is 0. The van der Waals surface area contributed by atoms with E-state index in [1.807, 2.05) is 0 Å². The molecule has 2 heteroatoms. The summed E-state index contributed by atoms with van der Waals surface area (Å²) >= 11 is 0. The summed E-state index contributed by atoms with van der Waals surface area (Å²) in [6.45, 7) is 2.19. The summed E-state index contributed by atoms with van der Waals surface area (Å²) in [7, 11) is 0. The maximum absolute atomic E-state index is 10.5. The summed E-state index contributed by atoms with van der Waals surface area (Å²) in [4.78, 5) is 10.5. The highest BCUT2D eigenvalue weighted by Crippen LogP contribution is 2.27. The number of carboxylic acid groups (broad SMARTS) is 1. The molecular formula is C19H36O2. The van der Waals surface area contributed by atoms with Gasteiger partial charge in [-0.05, 0) is 18.3 Å². The van der Waals surface area contributed by atoms with Crippen LogP contribution in [-0.2, 0) is 4.79 Å². The lowest BCUT2D eigenvalue weighted by molar-refractivity contribution is -0.137. The molecule has 1 atom stereocenters. The second kappa shape index (κ2) is 12.1. The van der Waals surface area contributed by atoms with Crippen LogP contribution in [0.1, 0.15) is 103 Å². The van der Waals surface area contributed by atoms with E-state index in [1.54, 1.807) is 0 Å². The minimum absolute atomic E-state index is 0.336. The Labute approximate surface area is 131 Å². The third kappa shape index (κ3) is 10.8. The van der Waals surface area contributed by atoms with E-state index in [0.29, 0.717) is 12.3 Å². The Kier molecular flexibility index (Phi) is 10.6. The van der Waals surface area contributed by atoms with Crippen LogP contribution in [0.3, 0.4) is 0 Å². The molecule has 1 N–H and O–H groups in total. The SMILES string of the molecule is CC(CCCCCCCC1CCCCCC1)CCC(=O)O. The highest BCUT2D eigenvalue weighted by atomic mass is 16.4. The summed E-state index contributed by atoms with van der Waals surface area (Å²) in [5.74, 6) is 0.955. The first kappa shape index (κ1) is 18.5. The summed E-state index contributed by atoms with van der Waals surface area (Å²) in [5, 5.41) is 8.66. The van der Waals surface area contributed by atoms with Crippen molar-refractivity contribution in [3.63, 3.8) is 0 Å². The maximum Gasteiger partial charge on any atom is 0.303 e. The van der Waals surface area contributed by atoms with Gasteiger partial charge in [0.25, 0.3) is 0 Å². The fourth-order valence-electron chi connectivity index (χ4n) is 3.62. The summed E-state index contributed by atoms with van der Waals surface area (Å²) in [6, 6.07) is 0. The second-order valence-corrected chi connectivity index (χ2v) is 7.24. The fourth-order valence-corrected chi connectivity index (χ4v) is 3.62. The van der Waals surface area contributed by atoms with Crippen molar-refractivity contribution in [2.24, 2.45) is 11.8 Å². The van der Waals surface area contributed by atoms with E-state index in [0.717, 1.165) is 12.3 Å². The third-order valence-corrected chi connectivity index (χ3v) is 5.14. The summed E-state index contributed by atoms with van der Waals surface area (Å²) in [6.07, 6.45) is 19.5. The number of rotatable bonds is 11. The Morgan fingerprint density at radius 1 is 0.952 bits per heavy atom. The van der Waals surface area contributed by atoms with E-state index in [4.69, 9.17) is 5.11 Å². The number of unbranched alkanes of at least 4 members (excludes halogenated alkanes) is 4. The van der Waals surface area contributed by atoms with Crippen molar-refractivity contribution in [3.05, 3.63) is 0 Å². The van der Waals surface area contributed by atoms with Crippen LogP contribution in [0.25, 0.3) is 0 Å². The van der Waals surface area contributed by atoms with Gasteiger partial charge in [-0.15, -0.1) is 0 Å². The Hall–Kier alpha value is -0.530. The van der Waals surface area contributed by atoms with Gasteiger partial charge in [-0.1, -0.05) is 90.4 Å². The molecule has 0 aromatic rings. The quantitative estimate of drug-likeness (QED) is 0.364. The zero-order valence-electron chi connectivity index (χ0n) is 14.1. The maximum atomic E-state index is 10.5. The smallest absolute Gasteiger partial charge is 0.303 e. The van der Waals surface area contributed by atoms with Crippen molar-refractivity contribution in [3.8, 4) is 0 Å². The molecule has 0 radical (unpaired) electrons. The van der Waals surface area contributed by atoms with Crippen LogP contribution in [0.5, 0.6) is 0 Å². The van der Waals surface area contributed by atoms with Crippen LogP contribution in [0.15, 0.2) is 0 Å². The molecule has 0 spiro atoms. The van der Waals surface area contributed by atoms with Gasteiger partial charge in [0.1, 0.15) is 0 Å². The average molecular weight is 296 g/mol. The van der Waals surface area contributed by atoms with Crippen LogP contribution in [0.2, 0.25) is 0 Å². The Morgan fingerprint density at radius 2 is 1.57 bits per heavy atom.